The Labute approximate surface area is 197 Å². The fraction of sp³-hybridized carbons (Fsp3) is 0.160. The molecule has 1 N–H and O–H groups in total. The SMILES string of the molecule is Cc1ccccc1-n1c(SC(C)C(=O)Nc2ccccc2C(F)(F)F)nc2ccccc2c1=O. The zero-order valence-electron chi connectivity index (χ0n) is 18.3. The van der Waals surface area contributed by atoms with Crippen molar-refractivity contribution in [2.45, 2.75) is 30.4 Å². The van der Waals surface area contributed by atoms with Gasteiger partial charge in [-0.1, -0.05) is 54.2 Å². The number of benzene rings is 3. The van der Waals surface area contributed by atoms with E-state index in [9.17, 15) is 22.8 Å². The average Bonchev–Trinajstić information content (AvgIpc) is 2.80. The van der Waals surface area contributed by atoms with E-state index in [1.54, 1.807) is 43.3 Å². The molecule has 1 atom stereocenters. The molecule has 1 aromatic heterocycles. The lowest BCUT2D eigenvalue weighted by Gasteiger charge is -2.18. The number of hydrogen-bond acceptors (Lipinski definition) is 4. The largest absolute Gasteiger partial charge is 0.418 e. The van der Waals surface area contributed by atoms with E-state index in [4.69, 9.17) is 0 Å². The van der Waals surface area contributed by atoms with E-state index >= 15 is 0 Å². The van der Waals surface area contributed by atoms with Crippen LogP contribution in [0.2, 0.25) is 0 Å². The van der Waals surface area contributed by atoms with Crippen molar-refractivity contribution in [1.82, 2.24) is 9.55 Å². The van der Waals surface area contributed by atoms with Gasteiger partial charge in [-0.3, -0.25) is 14.2 Å². The van der Waals surface area contributed by atoms with Crippen molar-refractivity contribution in [3.05, 3.63) is 94.3 Å². The van der Waals surface area contributed by atoms with Gasteiger partial charge in [-0.05, 0) is 49.7 Å². The highest BCUT2D eigenvalue weighted by Gasteiger charge is 2.34. The predicted octanol–water partition coefficient (Wildman–Crippen LogP) is 5.83. The summed E-state index contributed by atoms with van der Waals surface area (Å²) in [6, 6.07) is 19.0. The minimum Gasteiger partial charge on any atom is -0.325 e. The molecule has 3 aromatic carbocycles. The summed E-state index contributed by atoms with van der Waals surface area (Å²) in [5.41, 5.74) is 0.367. The van der Waals surface area contributed by atoms with Gasteiger partial charge in [-0.15, -0.1) is 0 Å². The molecule has 1 unspecified atom stereocenters. The Kier molecular flexibility index (Phi) is 6.47. The van der Waals surface area contributed by atoms with Gasteiger partial charge >= 0.3 is 6.18 Å². The number of amides is 1. The number of anilines is 1. The number of rotatable bonds is 5. The number of carbonyl (C=O) groups excluding carboxylic acids is 1. The third-order valence-corrected chi connectivity index (χ3v) is 6.30. The van der Waals surface area contributed by atoms with Crippen LogP contribution in [-0.2, 0) is 11.0 Å². The average molecular weight is 484 g/mol. The summed E-state index contributed by atoms with van der Waals surface area (Å²) in [5.74, 6) is -0.638. The number of carbonyl (C=O) groups is 1. The van der Waals surface area contributed by atoms with Crippen molar-refractivity contribution in [2.75, 3.05) is 5.32 Å². The Morgan fingerprint density at radius 3 is 2.38 bits per heavy atom. The number of nitrogens with one attached hydrogen (secondary N) is 1. The van der Waals surface area contributed by atoms with E-state index in [0.717, 1.165) is 23.4 Å². The maximum atomic E-state index is 13.4. The first-order chi connectivity index (χ1) is 16.2. The number of aromatic nitrogens is 2. The molecule has 1 amide bonds. The molecule has 34 heavy (non-hydrogen) atoms. The number of thioether (sulfide) groups is 1. The second kappa shape index (κ2) is 9.34. The van der Waals surface area contributed by atoms with Crippen LogP contribution in [0.1, 0.15) is 18.1 Å². The van der Waals surface area contributed by atoms with Crippen molar-refractivity contribution in [2.24, 2.45) is 0 Å². The lowest BCUT2D eigenvalue weighted by molar-refractivity contribution is -0.137. The van der Waals surface area contributed by atoms with E-state index in [1.807, 2.05) is 19.1 Å². The summed E-state index contributed by atoms with van der Waals surface area (Å²) in [6.45, 7) is 3.41. The molecule has 0 aliphatic carbocycles. The van der Waals surface area contributed by atoms with Gasteiger partial charge in [0.2, 0.25) is 5.91 Å². The fourth-order valence-electron chi connectivity index (χ4n) is 3.50. The van der Waals surface area contributed by atoms with Gasteiger partial charge in [-0.25, -0.2) is 4.98 Å². The molecule has 0 saturated carbocycles. The number of fused-ring (bicyclic) bond motifs is 1. The van der Waals surface area contributed by atoms with Crippen LogP contribution < -0.4 is 10.9 Å². The van der Waals surface area contributed by atoms with Crippen LogP contribution in [0.5, 0.6) is 0 Å². The van der Waals surface area contributed by atoms with Crippen LogP contribution in [-0.4, -0.2) is 20.7 Å². The second-order valence-corrected chi connectivity index (χ2v) is 8.94. The molecule has 5 nitrogen and oxygen atoms in total. The summed E-state index contributed by atoms with van der Waals surface area (Å²) in [5, 5.41) is 2.21. The summed E-state index contributed by atoms with van der Waals surface area (Å²) < 4.78 is 41.4. The molecule has 9 heteroatoms. The molecule has 0 fully saturated rings. The van der Waals surface area contributed by atoms with Crippen molar-refractivity contribution in [3.63, 3.8) is 0 Å². The standard InChI is InChI=1S/C25H20F3N3O2S/c1-15-9-3-8-14-21(15)31-23(33)17-10-4-6-12-19(17)30-24(31)34-16(2)22(32)29-20-13-7-5-11-18(20)25(26,27)28/h3-14,16H,1-2H3,(H,29,32). The first-order valence-electron chi connectivity index (χ1n) is 10.4. The minimum atomic E-state index is -4.61. The number of aryl methyl sites for hydroxylation is 1. The zero-order chi connectivity index (χ0) is 24.5. The Morgan fingerprint density at radius 1 is 1.00 bits per heavy atom. The van der Waals surface area contributed by atoms with Crippen molar-refractivity contribution in [3.8, 4) is 5.69 Å². The third-order valence-electron chi connectivity index (χ3n) is 5.24. The van der Waals surface area contributed by atoms with Crippen molar-refractivity contribution >= 4 is 34.3 Å². The first kappa shape index (κ1) is 23.6. The van der Waals surface area contributed by atoms with E-state index in [0.29, 0.717) is 16.6 Å². The number of nitrogens with zero attached hydrogens (tertiary/aromatic N) is 2. The van der Waals surface area contributed by atoms with Crippen LogP contribution in [0, 0.1) is 6.92 Å². The van der Waals surface area contributed by atoms with Crippen LogP contribution in [0.15, 0.2) is 82.7 Å². The molecule has 4 aromatic rings. The molecule has 174 valence electrons. The molecule has 0 radical (unpaired) electrons. The van der Waals surface area contributed by atoms with E-state index in [-0.39, 0.29) is 16.4 Å². The third kappa shape index (κ3) is 4.70. The first-order valence-corrected chi connectivity index (χ1v) is 11.3. The molecule has 0 spiro atoms. The minimum absolute atomic E-state index is 0.268. The smallest absolute Gasteiger partial charge is 0.325 e. The quantitative estimate of drug-likeness (QED) is 0.287. The van der Waals surface area contributed by atoms with Crippen LogP contribution in [0.3, 0.4) is 0 Å². The highest BCUT2D eigenvalue weighted by Crippen LogP contribution is 2.35. The van der Waals surface area contributed by atoms with E-state index < -0.39 is 22.9 Å². The topological polar surface area (TPSA) is 64.0 Å². The Bertz CT molecular complexity index is 1430. The van der Waals surface area contributed by atoms with Crippen LogP contribution in [0.4, 0.5) is 18.9 Å². The van der Waals surface area contributed by atoms with Gasteiger partial charge < -0.3 is 5.32 Å². The molecular weight excluding hydrogens is 463 g/mol. The van der Waals surface area contributed by atoms with Gasteiger partial charge in [0.1, 0.15) is 0 Å². The lowest BCUT2D eigenvalue weighted by atomic mass is 10.1. The zero-order valence-corrected chi connectivity index (χ0v) is 19.1. The Morgan fingerprint density at radius 2 is 1.65 bits per heavy atom. The molecule has 1 heterocycles. The number of para-hydroxylation sites is 3. The summed E-state index contributed by atoms with van der Waals surface area (Å²) in [6.07, 6.45) is -4.61. The number of halogens is 3. The number of hydrogen-bond donors (Lipinski definition) is 1. The summed E-state index contributed by atoms with van der Waals surface area (Å²) in [7, 11) is 0. The predicted molar refractivity (Wildman–Crippen MR) is 127 cm³/mol. The van der Waals surface area contributed by atoms with E-state index in [1.165, 1.54) is 22.8 Å². The fourth-order valence-corrected chi connectivity index (χ4v) is 4.42. The van der Waals surface area contributed by atoms with Gasteiger partial charge in [0.25, 0.3) is 5.56 Å². The van der Waals surface area contributed by atoms with Gasteiger partial charge in [0.15, 0.2) is 5.16 Å². The highest BCUT2D eigenvalue weighted by molar-refractivity contribution is 8.00. The maximum absolute atomic E-state index is 13.4. The molecular formula is C25H20F3N3O2S. The van der Waals surface area contributed by atoms with Gasteiger partial charge in [0, 0.05) is 0 Å². The normalized spacial score (nSPS) is 12.5. The molecule has 0 aliphatic rings. The van der Waals surface area contributed by atoms with Crippen LogP contribution in [0.25, 0.3) is 16.6 Å². The van der Waals surface area contributed by atoms with Gasteiger partial charge in [-0.2, -0.15) is 13.2 Å². The Hall–Kier alpha value is -3.59. The van der Waals surface area contributed by atoms with Crippen molar-refractivity contribution in [1.29, 1.82) is 0 Å². The van der Waals surface area contributed by atoms with Gasteiger partial charge in [0.05, 0.1) is 33.1 Å². The molecule has 4 rings (SSSR count). The molecule has 0 aliphatic heterocycles. The van der Waals surface area contributed by atoms with Crippen LogP contribution >= 0.6 is 11.8 Å². The summed E-state index contributed by atoms with van der Waals surface area (Å²) >= 11 is 1.00. The Balaban J connectivity index is 1.72. The monoisotopic (exact) mass is 483 g/mol. The highest BCUT2D eigenvalue weighted by atomic mass is 32.2. The second-order valence-electron chi connectivity index (χ2n) is 7.63. The number of alkyl halides is 3. The summed E-state index contributed by atoms with van der Waals surface area (Å²) in [4.78, 5) is 30.8. The van der Waals surface area contributed by atoms with E-state index in [2.05, 4.69) is 10.3 Å². The molecule has 0 saturated heterocycles. The van der Waals surface area contributed by atoms with Crippen molar-refractivity contribution < 1.29 is 18.0 Å². The maximum Gasteiger partial charge on any atom is 0.418 e. The lowest BCUT2D eigenvalue weighted by Crippen LogP contribution is -2.27. The molecule has 0 bridgehead atoms.